The van der Waals surface area contributed by atoms with Gasteiger partial charge in [0.05, 0.1) is 0 Å². The maximum Gasteiger partial charge on any atom is 0.00954 e. The van der Waals surface area contributed by atoms with Crippen molar-refractivity contribution in [1.82, 2.24) is 10.2 Å². The van der Waals surface area contributed by atoms with E-state index in [4.69, 9.17) is 0 Å². The van der Waals surface area contributed by atoms with Crippen LogP contribution in [0.25, 0.3) is 0 Å². The van der Waals surface area contributed by atoms with Gasteiger partial charge in [0.1, 0.15) is 0 Å². The molecule has 1 heterocycles. The largest absolute Gasteiger partial charge is 0.314 e. The first-order chi connectivity index (χ1) is 6.75. The molecule has 2 rings (SSSR count). The van der Waals surface area contributed by atoms with E-state index in [1.54, 1.807) is 0 Å². The van der Waals surface area contributed by atoms with Gasteiger partial charge in [-0.2, -0.15) is 0 Å². The zero-order valence-electron chi connectivity index (χ0n) is 9.63. The Bertz CT molecular complexity index is 177. The maximum absolute atomic E-state index is 3.60. The summed E-state index contributed by atoms with van der Waals surface area (Å²) in [7, 11) is 0. The van der Waals surface area contributed by atoms with Crippen LogP contribution in [0.3, 0.4) is 0 Å². The molecule has 2 fully saturated rings. The lowest BCUT2D eigenvalue weighted by Gasteiger charge is -2.41. The summed E-state index contributed by atoms with van der Waals surface area (Å²) in [5.41, 5.74) is 0. The van der Waals surface area contributed by atoms with Crippen molar-refractivity contribution in [2.45, 2.75) is 51.6 Å². The van der Waals surface area contributed by atoms with Crippen molar-refractivity contribution < 1.29 is 0 Å². The zero-order valence-corrected chi connectivity index (χ0v) is 9.63. The standard InChI is InChI=1S/C12H24N2/c1-10-8-13-11(2)6-7-14(9-10)12-4-3-5-12/h10-13H,3-9H2,1-2H3. The average Bonchev–Trinajstić information content (AvgIpc) is 2.05. The molecule has 2 heteroatoms. The lowest BCUT2D eigenvalue weighted by Crippen LogP contribution is -2.48. The van der Waals surface area contributed by atoms with Crippen LogP contribution in [0, 0.1) is 5.92 Å². The van der Waals surface area contributed by atoms with Gasteiger partial charge in [-0.15, -0.1) is 0 Å². The van der Waals surface area contributed by atoms with Gasteiger partial charge in [-0.05, 0) is 45.2 Å². The molecule has 2 nitrogen and oxygen atoms in total. The Hall–Kier alpha value is -0.0800. The van der Waals surface area contributed by atoms with Gasteiger partial charge in [-0.1, -0.05) is 13.3 Å². The van der Waals surface area contributed by atoms with Gasteiger partial charge < -0.3 is 10.2 Å². The van der Waals surface area contributed by atoms with E-state index < -0.39 is 0 Å². The van der Waals surface area contributed by atoms with Gasteiger partial charge in [0.2, 0.25) is 0 Å². The van der Waals surface area contributed by atoms with Crippen molar-refractivity contribution in [3.05, 3.63) is 0 Å². The molecule has 0 bridgehead atoms. The Morgan fingerprint density at radius 3 is 2.57 bits per heavy atom. The van der Waals surface area contributed by atoms with Crippen LogP contribution in [-0.4, -0.2) is 36.6 Å². The molecule has 0 aromatic carbocycles. The van der Waals surface area contributed by atoms with E-state index in [0.717, 1.165) is 12.0 Å². The number of nitrogens with zero attached hydrogens (tertiary/aromatic N) is 1. The average molecular weight is 196 g/mol. The molecule has 0 spiro atoms. The first-order valence-corrected chi connectivity index (χ1v) is 6.23. The van der Waals surface area contributed by atoms with Crippen molar-refractivity contribution in [2.24, 2.45) is 5.92 Å². The van der Waals surface area contributed by atoms with Crippen molar-refractivity contribution in [3.8, 4) is 0 Å². The van der Waals surface area contributed by atoms with E-state index in [2.05, 4.69) is 24.1 Å². The van der Waals surface area contributed by atoms with Crippen molar-refractivity contribution >= 4 is 0 Å². The summed E-state index contributed by atoms with van der Waals surface area (Å²) in [5.74, 6) is 0.818. The van der Waals surface area contributed by atoms with Crippen LogP contribution in [0.1, 0.15) is 39.5 Å². The third kappa shape index (κ3) is 2.48. The molecule has 1 N–H and O–H groups in total. The van der Waals surface area contributed by atoms with Gasteiger partial charge in [0, 0.05) is 18.6 Å². The van der Waals surface area contributed by atoms with Gasteiger partial charge in [0.15, 0.2) is 0 Å². The highest BCUT2D eigenvalue weighted by molar-refractivity contribution is 4.83. The smallest absolute Gasteiger partial charge is 0.00954 e. The Balaban J connectivity index is 1.87. The second-order valence-electron chi connectivity index (χ2n) is 5.28. The second-order valence-corrected chi connectivity index (χ2v) is 5.28. The fourth-order valence-electron chi connectivity index (χ4n) is 2.50. The fraction of sp³-hybridized carbons (Fsp3) is 1.00. The monoisotopic (exact) mass is 196 g/mol. The predicted molar refractivity (Wildman–Crippen MR) is 60.5 cm³/mol. The molecule has 0 aromatic heterocycles. The van der Waals surface area contributed by atoms with Crippen molar-refractivity contribution in [1.29, 1.82) is 0 Å². The van der Waals surface area contributed by atoms with Gasteiger partial charge >= 0.3 is 0 Å². The summed E-state index contributed by atoms with van der Waals surface area (Å²) in [6, 6.07) is 1.64. The molecule has 0 aromatic rings. The molecule has 1 saturated heterocycles. The number of rotatable bonds is 1. The third-order valence-electron chi connectivity index (χ3n) is 3.80. The summed E-state index contributed by atoms with van der Waals surface area (Å²) < 4.78 is 0. The number of hydrogen-bond donors (Lipinski definition) is 1. The van der Waals surface area contributed by atoms with E-state index in [9.17, 15) is 0 Å². The first kappa shape index (κ1) is 10.4. The molecule has 14 heavy (non-hydrogen) atoms. The minimum absolute atomic E-state index is 0.709. The maximum atomic E-state index is 3.60. The molecule has 2 atom stereocenters. The fourth-order valence-corrected chi connectivity index (χ4v) is 2.50. The van der Waals surface area contributed by atoms with E-state index in [-0.39, 0.29) is 0 Å². The first-order valence-electron chi connectivity index (χ1n) is 6.23. The Labute approximate surface area is 88.1 Å². The summed E-state index contributed by atoms with van der Waals surface area (Å²) in [5, 5.41) is 3.60. The van der Waals surface area contributed by atoms with E-state index in [1.165, 1.54) is 45.3 Å². The normalized spacial score (nSPS) is 37.3. The minimum atomic E-state index is 0.709. The summed E-state index contributed by atoms with van der Waals surface area (Å²) in [6.07, 6.45) is 5.69. The van der Waals surface area contributed by atoms with Crippen molar-refractivity contribution in [3.63, 3.8) is 0 Å². The van der Waals surface area contributed by atoms with E-state index in [1.807, 2.05) is 0 Å². The Morgan fingerprint density at radius 2 is 1.93 bits per heavy atom. The molecule has 0 radical (unpaired) electrons. The lowest BCUT2D eigenvalue weighted by atomic mass is 9.90. The SMILES string of the molecule is CC1CNC(C)CCN(C2CCC2)C1. The van der Waals surface area contributed by atoms with Crippen LogP contribution in [0.5, 0.6) is 0 Å². The summed E-state index contributed by atoms with van der Waals surface area (Å²) in [4.78, 5) is 2.74. The number of nitrogens with one attached hydrogen (secondary N) is 1. The molecule has 1 saturated carbocycles. The second kappa shape index (κ2) is 4.63. The predicted octanol–water partition coefficient (Wildman–Crippen LogP) is 1.86. The third-order valence-corrected chi connectivity index (χ3v) is 3.80. The van der Waals surface area contributed by atoms with Crippen LogP contribution in [-0.2, 0) is 0 Å². The van der Waals surface area contributed by atoms with Crippen LogP contribution >= 0.6 is 0 Å². The zero-order chi connectivity index (χ0) is 9.97. The van der Waals surface area contributed by atoms with Crippen LogP contribution in [0.4, 0.5) is 0 Å². The van der Waals surface area contributed by atoms with Crippen LogP contribution in [0.15, 0.2) is 0 Å². The van der Waals surface area contributed by atoms with Crippen LogP contribution < -0.4 is 5.32 Å². The minimum Gasteiger partial charge on any atom is -0.314 e. The van der Waals surface area contributed by atoms with Gasteiger partial charge in [0.25, 0.3) is 0 Å². The molecule has 1 aliphatic heterocycles. The van der Waals surface area contributed by atoms with E-state index in [0.29, 0.717) is 6.04 Å². The van der Waals surface area contributed by atoms with Crippen molar-refractivity contribution in [2.75, 3.05) is 19.6 Å². The molecule has 0 amide bonds. The Morgan fingerprint density at radius 1 is 1.14 bits per heavy atom. The van der Waals surface area contributed by atoms with Gasteiger partial charge in [-0.3, -0.25) is 0 Å². The Kier molecular flexibility index (Phi) is 3.45. The highest BCUT2D eigenvalue weighted by atomic mass is 15.2. The lowest BCUT2D eigenvalue weighted by molar-refractivity contribution is 0.0957. The quantitative estimate of drug-likeness (QED) is 0.688. The molecule has 2 aliphatic rings. The van der Waals surface area contributed by atoms with Gasteiger partial charge in [-0.25, -0.2) is 0 Å². The summed E-state index contributed by atoms with van der Waals surface area (Å²) in [6.45, 7) is 8.51. The molecule has 82 valence electrons. The van der Waals surface area contributed by atoms with E-state index >= 15 is 0 Å². The summed E-state index contributed by atoms with van der Waals surface area (Å²) >= 11 is 0. The molecular formula is C12H24N2. The molecule has 2 unspecified atom stereocenters. The molecule has 1 aliphatic carbocycles. The molecular weight excluding hydrogens is 172 g/mol. The highest BCUT2D eigenvalue weighted by Gasteiger charge is 2.27. The topological polar surface area (TPSA) is 15.3 Å². The number of hydrogen-bond acceptors (Lipinski definition) is 2. The van der Waals surface area contributed by atoms with Crippen LogP contribution in [0.2, 0.25) is 0 Å². The highest BCUT2D eigenvalue weighted by Crippen LogP contribution is 2.26.